The molecule has 0 aliphatic carbocycles. The Morgan fingerprint density at radius 3 is 2.68 bits per heavy atom. The maximum absolute atomic E-state index is 5.19. The molecule has 0 amide bonds. The molecule has 3 heteroatoms. The second-order valence-electron chi connectivity index (χ2n) is 7.48. The number of nitrogens with one attached hydrogen (secondary N) is 1. The van der Waals surface area contributed by atoms with Crippen LogP contribution in [0.25, 0.3) is 27.7 Å². The normalized spacial score (nSPS) is 13.8. The van der Waals surface area contributed by atoms with Gasteiger partial charge in [0.2, 0.25) is 0 Å². The minimum atomic E-state index is 0.994. The van der Waals surface area contributed by atoms with Crippen molar-refractivity contribution in [3.05, 3.63) is 77.9 Å². The van der Waals surface area contributed by atoms with Gasteiger partial charge in [0.05, 0.1) is 11.4 Å². The Labute approximate surface area is 166 Å². The fraction of sp³-hybridized carbons (Fsp3) is 0.240. The van der Waals surface area contributed by atoms with Gasteiger partial charge in [-0.25, -0.2) is 4.68 Å². The summed E-state index contributed by atoms with van der Waals surface area (Å²) in [6, 6.07) is 23.8. The van der Waals surface area contributed by atoms with E-state index in [0.717, 1.165) is 25.1 Å². The third-order valence-corrected chi connectivity index (χ3v) is 5.77. The van der Waals surface area contributed by atoms with Crippen molar-refractivity contribution in [1.29, 1.82) is 0 Å². The molecule has 140 valence electrons. The highest BCUT2D eigenvalue weighted by Gasteiger charge is 2.23. The zero-order valence-corrected chi connectivity index (χ0v) is 16.3. The van der Waals surface area contributed by atoms with Gasteiger partial charge in [-0.1, -0.05) is 67.6 Å². The van der Waals surface area contributed by atoms with Crippen molar-refractivity contribution in [2.75, 3.05) is 11.9 Å². The van der Waals surface area contributed by atoms with Crippen molar-refractivity contribution in [3.8, 4) is 16.9 Å². The van der Waals surface area contributed by atoms with Crippen molar-refractivity contribution >= 4 is 16.6 Å². The summed E-state index contributed by atoms with van der Waals surface area (Å²) in [6.45, 7) is 3.21. The Morgan fingerprint density at radius 1 is 0.929 bits per heavy atom. The summed E-state index contributed by atoms with van der Waals surface area (Å²) in [4.78, 5) is 0. The Kier molecular flexibility index (Phi) is 4.36. The molecule has 0 fully saturated rings. The lowest BCUT2D eigenvalue weighted by Gasteiger charge is -2.12. The monoisotopic (exact) mass is 367 g/mol. The number of fused-ring (bicyclic) bond motifs is 2. The Morgan fingerprint density at radius 2 is 1.75 bits per heavy atom. The van der Waals surface area contributed by atoms with E-state index < -0.39 is 0 Å². The first-order valence-corrected chi connectivity index (χ1v) is 10.3. The number of hydrogen-bond acceptors (Lipinski definition) is 2. The topological polar surface area (TPSA) is 29.9 Å². The number of anilines is 1. The Balaban J connectivity index is 1.79. The van der Waals surface area contributed by atoms with Crippen LogP contribution in [0, 0.1) is 0 Å². The highest BCUT2D eigenvalue weighted by atomic mass is 15.3. The van der Waals surface area contributed by atoms with Gasteiger partial charge < -0.3 is 5.32 Å². The van der Waals surface area contributed by atoms with Gasteiger partial charge in [-0.05, 0) is 48.1 Å². The van der Waals surface area contributed by atoms with Crippen molar-refractivity contribution in [2.24, 2.45) is 0 Å². The van der Waals surface area contributed by atoms with E-state index in [1.54, 1.807) is 0 Å². The Bertz CT molecular complexity index is 1130. The summed E-state index contributed by atoms with van der Waals surface area (Å²) in [5.41, 5.74) is 6.20. The van der Waals surface area contributed by atoms with Crippen LogP contribution in [0.1, 0.15) is 30.9 Å². The van der Waals surface area contributed by atoms with E-state index >= 15 is 0 Å². The fourth-order valence-electron chi connectivity index (χ4n) is 4.34. The first-order valence-electron chi connectivity index (χ1n) is 10.3. The van der Waals surface area contributed by atoms with Crippen molar-refractivity contribution in [2.45, 2.75) is 32.6 Å². The van der Waals surface area contributed by atoms with Crippen LogP contribution in [-0.2, 0) is 12.8 Å². The molecule has 28 heavy (non-hydrogen) atoms. The molecule has 5 rings (SSSR count). The molecule has 3 nitrogen and oxygen atoms in total. The molecule has 2 heterocycles. The van der Waals surface area contributed by atoms with Crippen LogP contribution in [0.4, 0.5) is 5.82 Å². The lowest BCUT2D eigenvalue weighted by Crippen LogP contribution is -2.08. The molecule has 0 bridgehead atoms. The second-order valence-corrected chi connectivity index (χ2v) is 7.48. The predicted octanol–water partition coefficient (Wildman–Crippen LogP) is 6.00. The third-order valence-electron chi connectivity index (χ3n) is 5.77. The van der Waals surface area contributed by atoms with Crippen molar-refractivity contribution in [3.63, 3.8) is 0 Å². The van der Waals surface area contributed by atoms with E-state index in [-0.39, 0.29) is 0 Å². The highest BCUT2D eigenvalue weighted by Crippen LogP contribution is 2.37. The van der Waals surface area contributed by atoms with Crippen LogP contribution in [0.2, 0.25) is 0 Å². The van der Waals surface area contributed by atoms with Crippen LogP contribution < -0.4 is 5.32 Å². The smallest absolute Gasteiger partial charge is 0.133 e. The molecule has 1 aliphatic heterocycles. The summed E-state index contributed by atoms with van der Waals surface area (Å²) in [5, 5.41) is 11.4. The summed E-state index contributed by atoms with van der Waals surface area (Å²) >= 11 is 0. The number of aryl methyl sites for hydroxylation is 1. The highest BCUT2D eigenvalue weighted by molar-refractivity contribution is 5.97. The molecule has 3 aromatic carbocycles. The van der Waals surface area contributed by atoms with Gasteiger partial charge >= 0.3 is 0 Å². The minimum Gasteiger partial charge on any atom is -0.370 e. The molecule has 0 atom stereocenters. The van der Waals surface area contributed by atoms with Gasteiger partial charge in [-0.2, -0.15) is 5.10 Å². The average molecular weight is 367 g/mol. The van der Waals surface area contributed by atoms with Crippen LogP contribution in [0.5, 0.6) is 0 Å². The zero-order chi connectivity index (χ0) is 18.9. The predicted molar refractivity (Wildman–Crippen MR) is 117 cm³/mol. The van der Waals surface area contributed by atoms with E-state index in [1.807, 2.05) is 0 Å². The molecule has 0 radical (unpaired) electrons. The quantitative estimate of drug-likeness (QED) is 0.481. The molecular weight excluding hydrogens is 342 g/mol. The molecule has 1 aromatic heterocycles. The lowest BCUT2D eigenvalue weighted by atomic mass is 9.98. The molecule has 1 aliphatic rings. The zero-order valence-electron chi connectivity index (χ0n) is 16.3. The standard InChI is InChI=1S/C25H25N3/c1-2-18-10-4-6-16-23(18)28-25-22(14-7-8-17-26-25)24(27-28)21-15-9-12-19-11-3-5-13-20(19)21/h3-6,9-13,15-16,26H,2,7-8,14,17H2,1H3. The van der Waals surface area contributed by atoms with E-state index in [0.29, 0.717) is 0 Å². The summed E-state index contributed by atoms with van der Waals surface area (Å²) in [6.07, 6.45) is 4.45. The lowest BCUT2D eigenvalue weighted by molar-refractivity contribution is 0.779. The number of nitrogens with zero attached hydrogens (tertiary/aromatic N) is 2. The van der Waals surface area contributed by atoms with Crippen molar-refractivity contribution < 1.29 is 0 Å². The number of para-hydroxylation sites is 1. The molecule has 0 spiro atoms. The summed E-state index contributed by atoms with van der Waals surface area (Å²) < 4.78 is 2.15. The van der Waals surface area contributed by atoms with E-state index in [9.17, 15) is 0 Å². The molecule has 0 saturated carbocycles. The molecule has 1 N–H and O–H groups in total. The molecule has 0 saturated heterocycles. The van der Waals surface area contributed by atoms with Gasteiger partial charge in [0.25, 0.3) is 0 Å². The van der Waals surface area contributed by atoms with Crippen LogP contribution >= 0.6 is 0 Å². The first-order chi connectivity index (χ1) is 13.9. The molecular formula is C25H25N3. The van der Waals surface area contributed by atoms with E-state index in [1.165, 1.54) is 51.8 Å². The van der Waals surface area contributed by atoms with Gasteiger partial charge in [0.15, 0.2) is 0 Å². The number of hydrogen-bond donors (Lipinski definition) is 1. The van der Waals surface area contributed by atoms with Crippen LogP contribution in [0.3, 0.4) is 0 Å². The fourth-order valence-corrected chi connectivity index (χ4v) is 4.34. The molecule has 0 unspecified atom stereocenters. The number of aromatic nitrogens is 2. The maximum Gasteiger partial charge on any atom is 0.133 e. The third kappa shape index (κ3) is 2.78. The van der Waals surface area contributed by atoms with Crippen LogP contribution in [0.15, 0.2) is 66.7 Å². The van der Waals surface area contributed by atoms with Gasteiger partial charge in [0.1, 0.15) is 5.82 Å². The average Bonchev–Trinajstić information content (AvgIpc) is 2.93. The first kappa shape index (κ1) is 17.1. The summed E-state index contributed by atoms with van der Waals surface area (Å²) in [7, 11) is 0. The summed E-state index contributed by atoms with van der Waals surface area (Å²) in [5.74, 6) is 1.17. The second kappa shape index (κ2) is 7.16. The van der Waals surface area contributed by atoms with E-state index in [2.05, 4.69) is 83.7 Å². The van der Waals surface area contributed by atoms with Gasteiger partial charge in [-0.3, -0.25) is 0 Å². The Hall–Kier alpha value is -3.07. The van der Waals surface area contributed by atoms with Gasteiger partial charge in [0, 0.05) is 17.7 Å². The van der Waals surface area contributed by atoms with E-state index in [4.69, 9.17) is 5.10 Å². The molecule has 4 aromatic rings. The largest absolute Gasteiger partial charge is 0.370 e. The number of rotatable bonds is 3. The van der Waals surface area contributed by atoms with Crippen molar-refractivity contribution in [1.82, 2.24) is 9.78 Å². The minimum absolute atomic E-state index is 0.994. The number of benzene rings is 3. The van der Waals surface area contributed by atoms with Crippen LogP contribution in [-0.4, -0.2) is 16.3 Å². The van der Waals surface area contributed by atoms with Gasteiger partial charge in [-0.15, -0.1) is 0 Å². The maximum atomic E-state index is 5.19. The SMILES string of the molecule is CCc1ccccc1-n1nc(-c2cccc3ccccc23)c2c1NCCCC2.